The molecule has 0 radical (unpaired) electrons. The lowest BCUT2D eigenvalue weighted by atomic mass is 9.93. The number of Topliss-reactive ketones (excluding diaryl/α,β-unsaturated/α-hetero) is 1. The maximum absolute atomic E-state index is 11.8. The molecule has 1 aromatic carbocycles. The summed E-state index contributed by atoms with van der Waals surface area (Å²) < 4.78 is 6.56. The van der Waals surface area contributed by atoms with Crippen molar-refractivity contribution in [1.82, 2.24) is 0 Å². The van der Waals surface area contributed by atoms with Crippen molar-refractivity contribution in [2.45, 2.75) is 32.3 Å². The van der Waals surface area contributed by atoms with Crippen LogP contribution in [-0.4, -0.2) is 31.6 Å². The van der Waals surface area contributed by atoms with E-state index in [0.717, 1.165) is 41.7 Å². The van der Waals surface area contributed by atoms with Crippen molar-refractivity contribution in [2.75, 3.05) is 25.1 Å². The number of benzene rings is 1. The summed E-state index contributed by atoms with van der Waals surface area (Å²) in [6, 6.07) is 5.90. The predicted octanol–water partition coefficient (Wildman–Crippen LogP) is 3.66. The van der Waals surface area contributed by atoms with Gasteiger partial charge in [0.15, 0.2) is 5.78 Å². The lowest BCUT2D eigenvalue weighted by molar-refractivity contribution is -0.00468. The van der Waals surface area contributed by atoms with Crippen LogP contribution in [0.3, 0.4) is 0 Å². The summed E-state index contributed by atoms with van der Waals surface area (Å²) in [6.07, 6.45) is 2.14. The number of rotatable bonds is 3. The van der Waals surface area contributed by atoms with Gasteiger partial charge in [-0.3, -0.25) is 4.79 Å². The maximum Gasteiger partial charge on any atom is 0.161 e. The van der Waals surface area contributed by atoms with E-state index in [1.165, 1.54) is 0 Å². The molecule has 19 heavy (non-hydrogen) atoms. The van der Waals surface area contributed by atoms with E-state index in [1.807, 2.05) is 18.2 Å². The third-order valence-corrected chi connectivity index (χ3v) is 4.32. The lowest BCUT2D eigenvalue weighted by Gasteiger charge is -2.41. The number of methoxy groups -OCH3 is 1. The normalized spacial score (nSPS) is 23.5. The van der Waals surface area contributed by atoms with Crippen molar-refractivity contribution >= 4 is 27.4 Å². The van der Waals surface area contributed by atoms with E-state index in [2.05, 4.69) is 27.8 Å². The first kappa shape index (κ1) is 14.5. The van der Waals surface area contributed by atoms with Crippen molar-refractivity contribution in [3.63, 3.8) is 0 Å². The van der Waals surface area contributed by atoms with Gasteiger partial charge in [0.1, 0.15) is 0 Å². The first-order chi connectivity index (χ1) is 8.95. The van der Waals surface area contributed by atoms with Crippen LogP contribution in [-0.2, 0) is 4.74 Å². The SMILES string of the molecule is COC1(C)CCCN(c2ccc(Br)cc2C(C)=O)C1. The minimum absolute atomic E-state index is 0.0981. The fourth-order valence-corrected chi connectivity index (χ4v) is 3.01. The molecule has 1 aliphatic rings. The second-order valence-electron chi connectivity index (χ2n) is 5.40. The van der Waals surface area contributed by atoms with Gasteiger partial charge < -0.3 is 9.64 Å². The number of carbonyl (C=O) groups excluding carboxylic acids is 1. The van der Waals surface area contributed by atoms with E-state index in [-0.39, 0.29) is 11.4 Å². The maximum atomic E-state index is 11.8. The molecule has 1 fully saturated rings. The number of hydrogen-bond acceptors (Lipinski definition) is 3. The molecule has 1 unspecified atom stereocenters. The molecule has 0 bridgehead atoms. The summed E-state index contributed by atoms with van der Waals surface area (Å²) in [5.74, 6) is 0.0981. The number of carbonyl (C=O) groups is 1. The first-order valence-electron chi connectivity index (χ1n) is 6.56. The van der Waals surface area contributed by atoms with Crippen LogP contribution in [0.2, 0.25) is 0 Å². The van der Waals surface area contributed by atoms with E-state index in [1.54, 1.807) is 14.0 Å². The highest BCUT2D eigenvalue weighted by Crippen LogP contribution is 2.31. The predicted molar refractivity (Wildman–Crippen MR) is 81.0 cm³/mol. The van der Waals surface area contributed by atoms with Crippen molar-refractivity contribution in [1.29, 1.82) is 0 Å². The number of anilines is 1. The Morgan fingerprint density at radius 3 is 2.84 bits per heavy atom. The number of ether oxygens (including phenoxy) is 1. The minimum atomic E-state index is -0.126. The molecular formula is C15H20BrNO2. The average molecular weight is 326 g/mol. The van der Waals surface area contributed by atoms with Gasteiger partial charge in [0.25, 0.3) is 0 Å². The van der Waals surface area contributed by atoms with Gasteiger partial charge in [0, 0.05) is 35.9 Å². The molecule has 0 spiro atoms. The van der Waals surface area contributed by atoms with Gasteiger partial charge >= 0.3 is 0 Å². The average Bonchev–Trinajstić information content (AvgIpc) is 2.38. The van der Waals surface area contributed by atoms with Gasteiger partial charge in [-0.25, -0.2) is 0 Å². The summed E-state index contributed by atoms with van der Waals surface area (Å²) in [4.78, 5) is 14.1. The number of piperidine rings is 1. The minimum Gasteiger partial charge on any atom is -0.377 e. The van der Waals surface area contributed by atoms with Crippen molar-refractivity contribution in [3.8, 4) is 0 Å². The van der Waals surface area contributed by atoms with E-state index in [0.29, 0.717) is 0 Å². The number of halogens is 1. The third-order valence-electron chi connectivity index (χ3n) is 3.83. The zero-order valence-electron chi connectivity index (χ0n) is 11.7. The molecule has 0 N–H and O–H groups in total. The van der Waals surface area contributed by atoms with Gasteiger partial charge in [-0.05, 0) is 44.9 Å². The van der Waals surface area contributed by atoms with Crippen LogP contribution >= 0.6 is 15.9 Å². The Kier molecular flexibility index (Phi) is 4.31. The molecule has 1 aromatic rings. The third kappa shape index (κ3) is 3.18. The van der Waals surface area contributed by atoms with Gasteiger partial charge in [0.05, 0.1) is 5.60 Å². The van der Waals surface area contributed by atoms with Gasteiger partial charge in [-0.2, -0.15) is 0 Å². The molecule has 2 rings (SSSR count). The summed E-state index contributed by atoms with van der Waals surface area (Å²) in [6.45, 7) is 5.54. The second-order valence-corrected chi connectivity index (χ2v) is 6.31. The van der Waals surface area contributed by atoms with Gasteiger partial charge in [-0.15, -0.1) is 0 Å². The van der Waals surface area contributed by atoms with Crippen LogP contribution in [0.1, 0.15) is 37.0 Å². The molecule has 0 aromatic heterocycles. The summed E-state index contributed by atoms with van der Waals surface area (Å²) in [7, 11) is 1.76. The second kappa shape index (κ2) is 5.63. The van der Waals surface area contributed by atoms with Crippen LogP contribution in [0, 0.1) is 0 Å². The summed E-state index contributed by atoms with van der Waals surface area (Å²) in [5.41, 5.74) is 1.66. The highest BCUT2D eigenvalue weighted by Gasteiger charge is 2.31. The van der Waals surface area contributed by atoms with Crippen molar-refractivity contribution in [3.05, 3.63) is 28.2 Å². The van der Waals surface area contributed by atoms with Crippen LogP contribution in [0.4, 0.5) is 5.69 Å². The highest BCUT2D eigenvalue weighted by atomic mass is 79.9. The Bertz CT molecular complexity index is 489. The Morgan fingerprint density at radius 1 is 1.47 bits per heavy atom. The molecule has 1 saturated heterocycles. The van der Waals surface area contributed by atoms with Crippen molar-refractivity contribution in [2.24, 2.45) is 0 Å². The number of ketones is 1. The summed E-state index contributed by atoms with van der Waals surface area (Å²) >= 11 is 3.43. The van der Waals surface area contributed by atoms with Gasteiger partial charge in [0.2, 0.25) is 0 Å². The van der Waals surface area contributed by atoms with Crippen LogP contribution in [0.25, 0.3) is 0 Å². The topological polar surface area (TPSA) is 29.5 Å². The van der Waals surface area contributed by atoms with Crippen LogP contribution in [0.15, 0.2) is 22.7 Å². The smallest absolute Gasteiger partial charge is 0.161 e. The zero-order valence-corrected chi connectivity index (χ0v) is 13.3. The summed E-state index contributed by atoms with van der Waals surface area (Å²) in [5, 5.41) is 0. The molecule has 1 aliphatic heterocycles. The van der Waals surface area contributed by atoms with Crippen molar-refractivity contribution < 1.29 is 9.53 Å². The molecule has 0 amide bonds. The molecule has 0 saturated carbocycles. The van der Waals surface area contributed by atoms with Crippen LogP contribution in [0.5, 0.6) is 0 Å². The Morgan fingerprint density at radius 2 is 2.21 bits per heavy atom. The largest absolute Gasteiger partial charge is 0.377 e. The first-order valence-corrected chi connectivity index (χ1v) is 7.35. The van der Waals surface area contributed by atoms with E-state index in [4.69, 9.17) is 4.74 Å². The Hall–Kier alpha value is -0.870. The molecule has 1 atom stereocenters. The molecule has 1 heterocycles. The fraction of sp³-hybridized carbons (Fsp3) is 0.533. The van der Waals surface area contributed by atoms with E-state index >= 15 is 0 Å². The van der Waals surface area contributed by atoms with E-state index in [9.17, 15) is 4.79 Å². The number of nitrogens with zero attached hydrogens (tertiary/aromatic N) is 1. The molecule has 104 valence electrons. The van der Waals surface area contributed by atoms with E-state index < -0.39 is 0 Å². The molecule has 3 nitrogen and oxygen atoms in total. The standard InChI is InChI=1S/C15H20BrNO2/c1-11(18)13-9-12(16)5-6-14(13)17-8-4-7-15(2,10-17)19-3/h5-6,9H,4,7-8,10H2,1-3H3. The lowest BCUT2D eigenvalue weighted by Crippen LogP contribution is -2.47. The molecule has 0 aliphatic carbocycles. The monoisotopic (exact) mass is 325 g/mol. The quantitative estimate of drug-likeness (QED) is 0.794. The molecule has 4 heteroatoms. The fourth-order valence-electron chi connectivity index (χ4n) is 2.64. The zero-order chi connectivity index (χ0) is 14.0. The Balaban J connectivity index is 2.33. The highest BCUT2D eigenvalue weighted by molar-refractivity contribution is 9.10. The number of hydrogen-bond donors (Lipinski definition) is 0. The molecular weight excluding hydrogens is 306 g/mol. The Labute approximate surface area is 123 Å². The van der Waals surface area contributed by atoms with Gasteiger partial charge in [-0.1, -0.05) is 15.9 Å². The van der Waals surface area contributed by atoms with Crippen LogP contribution < -0.4 is 4.90 Å².